The number of anilines is 1. The number of hydrogen-bond donors (Lipinski definition) is 4. The minimum absolute atomic E-state index is 0.0684. The zero-order valence-electron chi connectivity index (χ0n) is 37.7. The van der Waals surface area contributed by atoms with E-state index in [1.54, 1.807) is 6.08 Å². The number of carbonyl (C=O) groups excluding carboxylic acids is 3. The van der Waals surface area contributed by atoms with Gasteiger partial charge in [0, 0.05) is 81.4 Å². The third-order valence-electron chi connectivity index (χ3n) is 12.6. The molecule has 0 spiro atoms. The molecule has 5 unspecified atom stereocenters. The van der Waals surface area contributed by atoms with Crippen LogP contribution in [0.4, 0.5) is 28.2 Å². The maximum Gasteiger partial charge on any atom is 0.523 e. The van der Waals surface area contributed by atoms with Crippen LogP contribution in [0.15, 0.2) is 81.6 Å². The van der Waals surface area contributed by atoms with Gasteiger partial charge in [0.15, 0.2) is 0 Å². The van der Waals surface area contributed by atoms with E-state index in [1.165, 1.54) is 25.4 Å². The number of alkyl halides is 3. The minimum atomic E-state index is -5.01. The van der Waals surface area contributed by atoms with Gasteiger partial charge in [-0.3, -0.25) is 24.2 Å². The molecular formula is C47H63F4N7O6. The van der Waals surface area contributed by atoms with Gasteiger partial charge in [0.1, 0.15) is 11.6 Å². The van der Waals surface area contributed by atoms with E-state index < -0.39 is 42.1 Å². The van der Waals surface area contributed by atoms with E-state index in [4.69, 9.17) is 14.5 Å². The summed E-state index contributed by atoms with van der Waals surface area (Å²) < 4.78 is 72.2. The van der Waals surface area contributed by atoms with Crippen molar-refractivity contribution < 1.29 is 46.2 Å². The van der Waals surface area contributed by atoms with Gasteiger partial charge in [0.25, 0.3) is 5.91 Å². The number of hydrogen-bond acceptors (Lipinski definition) is 10. The van der Waals surface area contributed by atoms with Crippen molar-refractivity contribution in [1.82, 2.24) is 25.8 Å². The van der Waals surface area contributed by atoms with Gasteiger partial charge in [-0.25, -0.2) is 14.2 Å². The molecule has 0 saturated carbocycles. The number of alkyl carbamates (subject to hydrolysis) is 1. The van der Waals surface area contributed by atoms with Crippen molar-refractivity contribution in [2.75, 3.05) is 51.8 Å². The number of halogens is 4. The van der Waals surface area contributed by atoms with Crippen LogP contribution in [-0.2, 0) is 19.0 Å². The Morgan fingerprint density at radius 3 is 2.38 bits per heavy atom. The van der Waals surface area contributed by atoms with E-state index in [0.717, 1.165) is 61.6 Å². The van der Waals surface area contributed by atoms with Crippen LogP contribution >= 0.6 is 0 Å². The SMILES string of the molecule is COC(=O)NC(CN1CC(C)CC1C1=NC=C(C2=CC=C(C3=CC(F)=C(NC(=O)c4ccc(NCCNC(=O)C(C)(C)C)nc4)CC3OC(F)(F)F)CC2)CCC1C)C1CCOCC1. The van der Waals surface area contributed by atoms with Gasteiger partial charge >= 0.3 is 12.5 Å². The molecule has 5 atom stereocenters. The molecular weight excluding hydrogens is 835 g/mol. The summed E-state index contributed by atoms with van der Waals surface area (Å²) in [6.45, 7) is 13.5. The Labute approximate surface area is 373 Å². The second-order valence-corrected chi connectivity index (χ2v) is 18.5. The predicted molar refractivity (Wildman–Crippen MR) is 236 cm³/mol. The summed E-state index contributed by atoms with van der Waals surface area (Å²) in [4.78, 5) is 49.4. The fourth-order valence-corrected chi connectivity index (χ4v) is 9.06. The molecule has 64 heavy (non-hydrogen) atoms. The lowest BCUT2D eigenvalue weighted by atomic mass is 9.83. The van der Waals surface area contributed by atoms with Gasteiger partial charge in [-0.15, -0.1) is 13.2 Å². The van der Waals surface area contributed by atoms with E-state index in [-0.39, 0.29) is 46.7 Å². The molecule has 0 bridgehead atoms. The smallest absolute Gasteiger partial charge is 0.453 e. The highest BCUT2D eigenvalue weighted by atomic mass is 19.4. The molecule has 2 fully saturated rings. The molecule has 0 radical (unpaired) electrons. The standard InChI is InChI=1S/C47H63F4N7O6/c1-28-21-39(58(26-28)27-38(57-45(61)62-6)32-15-19-63-20-16-32)42-29(2)7-8-33(24-55-42)30-9-11-31(12-10-30)35-22-36(48)37(23-40(35)64-47(49,50)51)56-43(59)34-13-14-41(54-25-34)52-17-18-53-44(60)46(3,4)5/h9,11,13-14,22,24-25,28-29,32,38-40H,7-8,10,12,15-21,23,26-27H2,1-6H3,(H,52,54)(H,53,60)(H,56,59)(H,57,61). The molecule has 17 heteroatoms. The predicted octanol–water partition coefficient (Wildman–Crippen LogP) is 8.06. The molecule has 5 aliphatic rings. The summed E-state index contributed by atoms with van der Waals surface area (Å²) in [5.74, 6) is -0.340. The van der Waals surface area contributed by atoms with Gasteiger partial charge in [0.05, 0.1) is 24.5 Å². The second kappa shape index (κ2) is 21.4. The van der Waals surface area contributed by atoms with Crippen molar-refractivity contribution in [2.45, 2.75) is 111 Å². The van der Waals surface area contributed by atoms with Gasteiger partial charge in [0.2, 0.25) is 5.91 Å². The fraction of sp³-hybridized carbons (Fsp3) is 0.596. The maximum atomic E-state index is 15.7. The number of rotatable bonds is 14. The highest BCUT2D eigenvalue weighted by Crippen LogP contribution is 2.40. The molecule has 1 aromatic heterocycles. The lowest BCUT2D eigenvalue weighted by Gasteiger charge is -2.36. The van der Waals surface area contributed by atoms with Crippen molar-refractivity contribution in [3.8, 4) is 0 Å². The van der Waals surface area contributed by atoms with E-state index in [0.29, 0.717) is 63.0 Å². The molecule has 2 aliphatic carbocycles. The first-order valence-electron chi connectivity index (χ1n) is 22.4. The molecule has 4 N–H and O–H groups in total. The molecule has 3 aliphatic heterocycles. The fourth-order valence-electron chi connectivity index (χ4n) is 9.06. The average Bonchev–Trinajstić information content (AvgIpc) is 3.50. The Balaban J connectivity index is 1.14. The van der Waals surface area contributed by atoms with E-state index in [1.807, 2.05) is 33.0 Å². The van der Waals surface area contributed by atoms with Gasteiger partial charge in [-0.05, 0) is 103 Å². The Morgan fingerprint density at radius 1 is 0.984 bits per heavy atom. The number of likely N-dealkylation sites (tertiary alicyclic amines) is 1. The lowest BCUT2D eigenvalue weighted by Crippen LogP contribution is -2.52. The van der Waals surface area contributed by atoms with Crippen LogP contribution < -0.4 is 21.3 Å². The number of nitrogens with zero attached hydrogens (tertiary/aromatic N) is 3. The zero-order chi connectivity index (χ0) is 46.2. The van der Waals surface area contributed by atoms with Crippen LogP contribution in [0.2, 0.25) is 0 Å². The summed E-state index contributed by atoms with van der Waals surface area (Å²) in [5, 5.41) is 11.4. The van der Waals surface area contributed by atoms with E-state index in [2.05, 4.69) is 49.7 Å². The summed E-state index contributed by atoms with van der Waals surface area (Å²) in [7, 11) is 1.38. The first kappa shape index (κ1) is 48.6. The topological polar surface area (TPSA) is 156 Å². The van der Waals surface area contributed by atoms with Crippen LogP contribution in [0, 0.1) is 23.2 Å². The van der Waals surface area contributed by atoms with Crippen molar-refractivity contribution >= 4 is 29.4 Å². The average molecular weight is 898 g/mol. The summed E-state index contributed by atoms with van der Waals surface area (Å²) >= 11 is 0. The summed E-state index contributed by atoms with van der Waals surface area (Å²) in [6.07, 6.45) is 5.47. The number of aromatic nitrogens is 1. The highest BCUT2D eigenvalue weighted by molar-refractivity contribution is 5.95. The molecule has 6 rings (SSSR count). The molecule has 1 aromatic rings. The number of amides is 3. The maximum absolute atomic E-state index is 15.7. The molecule has 0 aromatic carbocycles. The van der Waals surface area contributed by atoms with E-state index in [9.17, 15) is 27.6 Å². The Kier molecular flexibility index (Phi) is 16.3. The Bertz CT molecular complexity index is 2050. The zero-order valence-corrected chi connectivity index (χ0v) is 37.7. The van der Waals surface area contributed by atoms with Gasteiger partial charge < -0.3 is 30.7 Å². The third-order valence-corrected chi connectivity index (χ3v) is 12.6. The van der Waals surface area contributed by atoms with Crippen LogP contribution in [0.25, 0.3) is 0 Å². The second-order valence-electron chi connectivity index (χ2n) is 18.5. The summed E-state index contributed by atoms with van der Waals surface area (Å²) in [6, 6.07) is 3.02. The number of pyridine rings is 1. The van der Waals surface area contributed by atoms with Crippen LogP contribution in [0.5, 0.6) is 0 Å². The highest BCUT2D eigenvalue weighted by Gasteiger charge is 2.40. The molecule has 13 nitrogen and oxygen atoms in total. The molecule has 2 saturated heterocycles. The Hall–Kier alpha value is -4.87. The number of allylic oxidation sites excluding steroid dienone is 6. The monoisotopic (exact) mass is 897 g/mol. The van der Waals surface area contributed by atoms with Crippen molar-refractivity contribution in [3.05, 3.63) is 82.1 Å². The first-order chi connectivity index (χ1) is 30.4. The van der Waals surface area contributed by atoms with Gasteiger partial charge in [-0.1, -0.05) is 46.8 Å². The van der Waals surface area contributed by atoms with Crippen LogP contribution in [-0.4, -0.2) is 105 Å². The molecule has 350 valence electrons. The quantitative estimate of drug-likeness (QED) is 0.107. The normalized spacial score (nSPS) is 24.3. The number of ether oxygens (including phenoxy) is 3. The molecule has 3 amide bonds. The van der Waals surface area contributed by atoms with Crippen molar-refractivity contribution in [1.29, 1.82) is 0 Å². The third kappa shape index (κ3) is 13.1. The lowest BCUT2D eigenvalue weighted by molar-refractivity contribution is -0.337. The van der Waals surface area contributed by atoms with Crippen molar-refractivity contribution in [2.24, 2.45) is 28.2 Å². The van der Waals surface area contributed by atoms with Crippen molar-refractivity contribution in [3.63, 3.8) is 0 Å². The van der Waals surface area contributed by atoms with Crippen LogP contribution in [0.3, 0.4) is 0 Å². The van der Waals surface area contributed by atoms with Gasteiger partial charge in [-0.2, -0.15) is 0 Å². The first-order valence-corrected chi connectivity index (χ1v) is 22.4. The largest absolute Gasteiger partial charge is 0.523 e. The van der Waals surface area contributed by atoms with E-state index >= 15 is 4.39 Å². The summed E-state index contributed by atoms with van der Waals surface area (Å²) in [5.41, 5.74) is 3.00. The number of nitrogens with one attached hydrogen (secondary N) is 4. The minimum Gasteiger partial charge on any atom is -0.453 e. The number of carbonyl (C=O) groups is 3. The number of methoxy groups -OCH3 is 1. The molecule has 4 heterocycles. The number of aliphatic imine (C=N–C) groups is 1. The Morgan fingerprint density at radius 2 is 1.72 bits per heavy atom. The van der Waals surface area contributed by atoms with Crippen LogP contribution in [0.1, 0.15) is 96.3 Å².